The van der Waals surface area contributed by atoms with E-state index in [1.54, 1.807) is 0 Å². The maximum Gasteiger partial charge on any atom is 0.524 e. The summed E-state index contributed by atoms with van der Waals surface area (Å²) in [6.07, 6.45) is -1.18. The molecule has 0 amide bonds. The summed E-state index contributed by atoms with van der Waals surface area (Å²) in [5, 5.41) is 7.34. The molecule has 6 N–H and O–H groups in total. The molecular formula is C5H14NO6P2+. The molecule has 0 saturated heterocycles. The van der Waals surface area contributed by atoms with E-state index < -0.39 is 27.1 Å². The van der Waals surface area contributed by atoms with Crippen molar-refractivity contribution in [3.8, 4) is 0 Å². The second kappa shape index (κ2) is 5.88. The van der Waals surface area contributed by atoms with E-state index in [4.69, 9.17) is 20.4 Å². The SMILES string of the molecule is NCCCC(O)C([P+](=O)O)P(=O)(O)O. The van der Waals surface area contributed by atoms with E-state index in [0.717, 1.165) is 0 Å². The lowest BCUT2D eigenvalue weighted by atomic mass is 10.2. The first-order valence-corrected chi connectivity index (χ1v) is 6.85. The molecule has 0 aromatic rings. The first kappa shape index (κ1) is 14.1. The summed E-state index contributed by atoms with van der Waals surface area (Å²) in [6.45, 7) is 0.243. The van der Waals surface area contributed by atoms with E-state index in [1.165, 1.54) is 0 Å². The van der Waals surface area contributed by atoms with E-state index in [0.29, 0.717) is 6.42 Å². The Balaban J connectivity index is 4.51. The lowest BCUT2D eigenvalue weighted by Crippen LogP contribution is -2.24. The minimum Gasteiger partial charge on any atom is -0.388 e. The number of hydrogen-bond donors (Lipinski definition) is 5. The molecule has 0 bridgehead atoms. The molecule has 14 heavy (non-hydrogen) atoms. The highest BCUT2D eigenvalue weighted by molar-refractivity contribution is 7.65. The fraction of sp³-hybridized carbons (Fsp3) is 1.00. The van der Waals surface area contributed by atoms with Crippen LogP contribution in [0.1, 0.15) is 12.8 Å². The molecule has 84 valence electrons. The van der Waals surface area contributed by atoms with Gasteiger partial charge < -0.3 is 20.6 Å². The topological polar surface area (TPSA) is 141 Å². The molecule has 0 spiro atoms. The van der Waals surface area contributed by atoms with Crippen molar-refractivity contribution in [1.82, 2.24) is 0 Å². The third kappa shape index (κ3) is 4.57. The van der Waals surface area contributed by atoms with Crippen LogP contribution in [0.15, 0.2) is 0 Å². The van der Waals surface area contributed by atoms with Crippen LogP contribution in [0, 0.1) is 0 Å². The van der Waals surface area contributed by atoms with Crippen LogP contribution in [0.2, 0.25) is 0 Å². The Morgan fingerprint density at radius 3 is 2.21 bits per heavy atom. The van der Waals surface area contributed by atoms with Gasteiger partial charge in [-0.2, -0.15) is 4.89 Å². The minimum atomic E-state index is -4.75. The molecule has 7 nitrogen and oxygen atoms in total. The number of hydrogen-bond acceptors (Lipinski definition) is 4. The van der Waals surface area contributed by atoms with E-state index in [1.807, 2.05) is 0 Å². The van der Waals surface area contributed by atoms with Crippen molar-refractivity contribution < 1.29 is 28.9 Å². The molecule has 0 heterocycles. The van der Waals surface area contributed by atoms with E-state index in [-0.39, 0.29) is 13.0 Å². The largest absolute Gasteiger partial charge is 0.524 e. The second-order valence-corrected chi connectivity index (χ2v) is 6.11. The van der Waals surface area contributed by atoms with Gasteiger partial charge in [-0.05, 0) is 24.0 Å². The van der Waals surface area contributed by atoms with Crippen molar-refractivity contribution in [3.63, 3.8) is 0 Å². The zero-order valence-corrected chi connectivity index (χ0v) is 9.14. The number of aliphatic hydroxyl groups excluding tert-OH is 1. The van der Waals surface area contributed by atoms with Gasteiger partial charge in [-0.15, -0.1) is 0 Å². The van der Waals surface area contributed by atoms with Crippen LogP contribution in [0.25, 0.3) is 0 Å². The van der Waals surface area contributed by atoms with Gasteiger partial charge in [-0.1, -0.05) is 0 Å². The van der Waals surface area contributed by atoms with Gasteiger partial charge in [0.2, 0.25) is 0 Å². The fourth-order valence-corrected chi connectivity index (χ4v) is 3.05. The van der Waals surface area contributed by atoms with E-state index in [2.05, 4.69) is 0 Å². The molecule has 0 aliphatic carbocycles. The van der Waals surface area contributed by atoms with Crippen LogP contribution in [-0.4, -0.2) is 37.8 Å². The summed E-state index contributed by atoms with van der Waals surface area (Å²) in [5.74, 6) is 0. The standard InChI is InChI=1S/C5H13NO6P2/c6-3-1-2-4(7)5(13(8)9)14(10,11)12/h4-5,7H,1-3,6H2,(H2-,8,9,10,11,12)/p+1. The molecular weight excluding hydrogens is 232 g/mol. The monoisotopic (exact) mass is 246 g/mol. The minimum absolute atomic E-state index is 0.00604. The van der Waals surface area contributed by atoms with Crippen LogP contribution in [0.5, 0.6) is 0 Å². The van der Waals surface area contributed by atoms with Crippen LogP contribution >= 0.6 is 15.6 Å². The first-order chi connectivity index (χ1) is 6.30. The molecule has 0 fully saturated rings. The molecule has 0 rings (SSSR count). The van der Waals surface area contributed by atoms with Crippen LogP contribution in [-0.2, 0) is 9.13 Å². The average molecular weight is 246 g/mol. The summed E-state index contributed by atoms with van der Waals surface area (Å²) >= 11 is 0. The third-order valence-corrected chi connectivity index (χ3v) is 4.94. The van der Waals surface area contributed by atoms with Crippen LogP contribution < -0.4 is 5.73 Å². The highest BCUT2D eigenvalue weighted by atomic mass is 31.2. The molecule has 0 aromatic carbocycles. The Morgan fingerprint density at radius 1 is 1.43 bits per heavy atom. The highest BCUT2D eigenvalue weighted by Gasteiger charge is 2.50. The zero-order valence-electron chi connectivity index (χ0n) is 7.35. The van der Waals surface area contributed by atoms with Gasteiger partial charge in [-0.3, -0.25) is 4.57 Å². The predicted molar refractivity (Wildman–Crippen MR) is 50.0 cm³/mol. The maximum atomic E-state index is 10.7. The predicted octanol–water partition coefficient (Wildman–Crippen LogP) is -0.675. The Hall–Kier alpha value is 0.130. The summed E-state index contributed by atoms with van der Waals surface area (Å²) < 4.78 is 21.4. The maximum absolute atomic E-state index is 10.7. The molecule has 0 saturated carbocycles. The second-order valence-electron chi connectivity index (χ2n) is 2.80. The van der Waals surface area contributed by atoms with Crippen molar-refractivity contribution in [2.75, 3.05) is 6.54 Å². The Morgan fingerprint density at radius 2 is 1.93 bits per heavy atom. The Bertz CT molecular complexity index is 240. The molecule has 0 aromatic heterocycles. The highest BCUT2D eigenvalue weighted by Crippen LogP contribution is 2.53. The summed E-state index contributed by atoms with van der Waals surface area (Å²) in [6, 6.07) is 0. The number of aliphatic hydroxyl groups is 1. The van der Waals surface area contributed by atoms with Crippen LogP contribution in [0.4, 0.5) is 0 Å². The van der Waals surface area contributed by atoms with Gasteiger partial charge in [0, 0.05) is 0 Å². The quantitative estimate of drug-likeness (QED) is 0.391. The molecule has 3 unspecified atom stereocenters. The molecule has 0 radical (unpaired) electrons. The van der Waals surface area contributed by atoms with Gasteiger partial charge in [-0.25, -0.2) is 0 Å². The van der Waals surface area contributed by atoms with Crippen molar-refractivity contribution in [2.24, 2.45) is 5.73 Å². The van der Waals surface area contributed by atoms with Gasteiger partial charge >= 0.3 is 21.0 Å². The fourth-order valence-electron chi connectivity index (χ4n) is 0.976. The van der Waals surface area contributed by atoms with Crippen LogP contribution in [0.3, 0.4) is 0 Å². The van der Waals surface area contributed by atoms with Gasteiger partial charge in [0.1, 0.15) is 6.10 Å². The summed E-state index contributed by atoms with van der Waals surface area (Å²) in [4.78, 5) is 26.0. The smallest absolute Gasteiger partial charge is 0.388 e. The van der Waals surface area contributed by atoms with Gasteiger partial charge in [0.15, 0.2) is 0 Å². The summed E-state index contributed by atoms with van der Waals surface area (Å²) in [7, 11) is -7.86. The van der Waals surface area contributed by atoms with E-state index in [9.17, 15) is 14.2 Å². The third-order valence-electron chi connectivity index (χ3n) is 1.62. The van der Waals surface area contributed by atoms with Crippen molar-refractivity contribution in [2.45, 2.75) is 24.3 Å². The molecule has 9 heteroatoms. The van der Waals surface area contributed by atoms with E-state index >= 15 is 0 Å². The van der Waals surface area contributed by atoms with Crippen molar-refractivity contribution in [1.29, 1.82) is 0 Å². The molecule has 0 aliphatic rings. The average Bonchev–Trinajstić information content (AvgIpc) is 1.97. The summed E-state index contributed by atoms with van der Waals surface area (Å²) in [5.41, 5.74) is 5.12. The Kier molecular flexibility index (Phi) is 5.93. The lowest BCUT2D eigenvalue weighted by molar-refractivity contribution is 0.163. The first-order valence-electron chi connectivity index (χ1n) is 3.89. The van der Waals surface area contributed by atoms with Crippen molar-refractivity contribution >= 4 is 15.6 Å². The number of nitrogens with two attached hydrogens (primary N) is 1. The zero-order chi connectivity index (χ0) is 11.4. The van der Waals surface area contributed by atoms with Gasteiger partial charge in [0.05, 0.1) is 0 Å². The molecule has 0 aliphatic heterocycles. The Labute approximate surface area is 82.0 Å². The normalized spacial score (nSPS) is 17.6. The lowest BCUT2D eigenvalue weighted by Gasteiger charge is -2.13. The molecule has 3 atom stereocenters. The number of rotatable bonds is 6. The van der Waals surface area contributed by atoms with Gasteiger partial charge in [0.25, 0.3) is 0 Å². The van der Waals surface area contributed by atoms with Crippen molar-refractivity contribution in [3.05, 3.63) is 0 Å².